The summed E-state index contributed by atoms with van der Waals surface area (Å²) in [6, 6.07) is 7.75. The maximum Gasteiger partial charge on any atom is 0.275 e. The number of H-pyrrole nitrogens is 1. The van der Waals surface area contributed by atoms with Gasteiger partial charge in [-0.05, 0) is 6.07 Å². The molecule has 0 amide bonds. The standard InChI is InChI=1S/C12H7N5O/c18-12-10-9-5-13-14-6-17(9)8-4-2-1-3-7(8)11(10)15-16-12/h1-6H,(H,16,18). The number of fused-ring (bicyclic) bond motifs is 6. The second-order valence-corrected chi connectivity index (χ2v) is 4.02. The Balaban J connectivity index is 2.47. The molecule has 2 aliphatic rings. The van der Waals surface area contributed by atoms with E-state index >= 15 is 0 Å². The molecule has 0 radical (unpaired) electrons. The molecule has 0 unspecified atom stereocenters. The summed E-state index contributed by atoms with van der Waals surface area (Å²) in [6.45, 7) is 0. The maximum absolute atomic E-state index is 11.9. The number of nitrogens with zero attached hydrogens (tertiary/aromatic N) is 4. The van der Waals surface area contributed by atoms with Gasteiger partial charge in [0.2, 0.25) is 0 Å². The highest BCUT2D eigenvalue weighted by molar-refractivity contribution is 6.00. The average molecular weight is 237 g/mol. The van der Waals surface area contributed by atoms with E-state index in [0.717, 1.165) is 10.9 Å². The summed E-state index contributed by atoms with van der Waals surface area (Å²) in [6.07, 6.45) is 3.18. The van der Waals surface area contributed by atoms with Crippen LogP contribution in [-0.2, 0) is 0 Å². The van der Waals surface area contributed by atoms with Gasteiger partial charge in [0.1, 0.15) is 12.0 Å². The molecule has 0 aliphatic carbocycles. The lowest BCUT2D eigenvalue weighted by molar-refractivity contribution is 0.958. The smallest absolute Gasteiger partial charge is 0.275 e. The molecule has 0 bridgehead atoms. The van der Waals surface area contributed by atoms with Crippen LogP contribution in [0.15, 0.2) is 41.6 Å². The number of benzene rings is 1. The summed E-state index contributed by atoms with van der Waals surface area (Å²) < 4.78 is 1.85. The Hall–Kier alpha value is -2.76. The lowest BCUT2D eigenvalue weighted by Crippen LogP contribution is -2.05. The normalized spacial score (nSPS) is 11.6. The van der Waals surface area contributed by atoms with Gasteiger partial charge in [0.05, 0.1) is 22.8 Å². The minimum Gasteiger partial charge on any atom is -0.296 e. The third-order valence-corrected chi connectivity index (χ3v) is 3.08. The Labute approximate surface area is 100 Å². The molecule has 1 N–H and O–H groups in total. The summed E-state index contributed by atoms with van der Waals surface area (Å²) in [5.74, 6) is 0. The zero-order valence-corrected chi connectivity index (χ0v) is 9.16. The molecule has 18 heavy (non-hydrogen) atoms. The van der Waals surface area contributed by atoms with E-state index in [0.29, 0.717) is 16.8 Å². The first-order valence-electron chi connectivity index (χ1n) is 5.44. The summed E-state index contributed by atoms with van der Waals surface area (Å²) in [5.41, 5.74) is 2.66. The number of para-hydroxylation sites is 1. The molecule has 1 aromatic carbocycles. The molecule has 0 saturated heterocycles. The fourth-order valence-corrected chi connectivity index (χ4v) is 2.31. The molecule has 3 heterocycles. The molecular weight excluding hydrogens is 230 g/mol. The van der Waals surface area contributed by atoms with Crippen LogP contribution in [0.1, 0.15) is 0 Å². The third kappa shape index (κ3) is 1.01. The largest absolute Gasteiger partial charge is 0.296 e. The van der Waals surface area contributed by atoms with Gasteiger partial charge in [-0.25, -0.2) is 5.10 Å². The van der Waals surface area contributed by atoms with E-state index in [9.17, 15) is 4.79 Å². The van der Waals surface area contributed by atoms with E-state index in [4.69, 9.17) is 0 Å². The van der Waals surface area contributed by atoms with E-state index in [2.05, 4.69) is 20.4 Å². The highest BCUT2D eigenvalue weighted by Gasteiger charge is 2.19. The number of aromatic amines is 1. The van der Waals surface area contributed by atoms with Gasteiger partial charge >= 0.3 is 0 Å². The predicted octanol–water partition coefficient (Wildman–Crippen LogP) is 1.07. The van der Waals surface area contributed by atoms with Crippen molar-refractivity contribution in [3.8, 4) is 11.3 Å². The topological polar surface area (TPSA) is 75.9 Å². The van der Waals surface area contributed by atoms with Crippen molar-refractivity contribution < 1.29 is 0 Å². The second-order valence-electron chi connectivity index (χ2n) is 4.02. The van der Waals surface area contributed by atoms with Gasteiger partial charge in [-0.2, -0.15) is 10.2 Å². The molecule has 6 nitrogen and oxygen atoms in total. The number of hydrogen-bond acceptors (Lipinski definition) is 4. The van der Waals surface area contributed by atoms with Crippen molar-refractivity contribution in [2.45, 2.75) is 0 Å². The fraction of sp³-hybridized carbons (Fsp3) is 0. The van der Waals surface area contributed by atoms with Crippen LogP contribution in [0.5, 0.6) is 0 Å². The van der Waals surface area contributed by atoms with Gasteiger partial charge < -0.3 is 0 Å². The minimum absolute atomic E-state index is 0.207. The van der Waals surface area contributed by atoms with Crippen molar-refractivity contribution in [1.29, 1.82) is 0 Å². The SMILES string of the molecule is O=c1[nH]nc2c3ccccc3n3cnncc3c1-2. The fourth-order valence-electron chi connectivity index (χ4n) is 2.31. The number of pyridine rings is 1. The highest BCUT2D eigenvalue weighted by atomic mass is 16.1. The molecule has 0 saturated carbocycles. The third-order valence-electron chi connectivity index (χ3n) is 3.08. The Morgan fingerprint density at radius 1 is 1.11 bits per heavy atom. The van der Waals surface area contributed by atoms with E-state index in [-0.39, 0.29) is 5.56 Å². The molecular formula is C12H7N5O. The molecule has 1 aromatic heterocycles. The van der Waals surface area contributed by atoms with Crippen molar-refractivity contribution >= 4 is 16.4 Å². The first kappa shape index (κ1) is 9.29. The van der Waals surface area contributed by atoms with Crippen molar-refractivity contribution in [3.63, 3.8) is 0 Å². The monoisotopic (exact) mass is 237 g/mol. The lowest BCUT2D eigenvalue weighted by Gasteiger charge is -2.09. The minimum atomic E-state index is -0.207. The first-order chi connectivity index (χ1) is 8.86. The Bertz CT molecular complexity index is 907. The molecule has 6 heteroatoms. The summed E-state index contributed by atoms with van der Waals surface area (Å²) >= 11 is 0. The molecule has 86 valence electrons. The summed E-state index contributed by atoms with van der Waals surface area (Å²) in [4.78, 5) is 11.9. The molecule has 0 fully saturated rings. The van der Waals surface area contributed by atoms with Crippen molar-refractivity contribution in [2.75, 3.05) is 0 Å². The maximum atomic E-state index is 11.9. The van der Waals surface area contributed by atoms with Gasteiger partial charge in [0, 0.05) is 5.39 Å². The van der Waals surface area contributed by atoms with Crippen LogP contribution in [0.3, 0.4) is 0 Å². The Morgan fingerprint density at radius 3 is 2.94 bits per heavy atom. The van der Waals surface area contributed by atoms with Crippen LogP contribution >= 0.6 is 0 Å². The number of aromatic nitrogens is 5. The zero-order chi connectivity index (χ0) is 12.1. The van der Waals surface area contributed by atoms with Crippen LogP contribution in [-0.4, -0.2) is 24.8 Å². The molecule has 2 aromatic rings. The molecule has 0 atom stereocenters. The lowest BCUT2D eigenvalue weighted by atomic mass is 10.1. The van der Waals surface area contributed by atoms with Crippen molar-refractivity contribution in [2.24, 2.45) is 0 Å². The molecule has 0 spiro atoms. The van der Waals surface area contributed by atoms with Crippen LogP contribution < -0.4 is 5.56 Å². The van der Waals surface area contributed by atoms with Crippen LogP contribution in [0, 0.1) is 0 Å². The van der Waals surface area contributed by atoms with Crippen molar-refractivity contribution in [1.82, 2.24) is 24.8 Å². The van der Waals surface area contributed by atoms with Crippen LogP contribution in [0.2, 0.25) is 0 Å². The quantitative estimate of drug-likeness (QED) is 0.464. The van der Waals surface area contributed by atoms with E-state index < -0.39 is 0 Å². The van der Waals surface area contributed by atoms with E-state index in [1.807, 2.05) is 28.7 Å². The summed E-state index contributed by atoms with van der Waals surface area (Å²) in [5, 5.41) is 15.2. The van der Waals surface area contributed by atoms with Crippen LogP contribution in [0.25, 0.3) is 27.7 Å². The van der Waals surface area contributed by atoms with Crippen molar-refractivity contribution in [3.05, 3.63) is 47.1 Å². The number of nitrogens with one attached hydrogen (secondary N) is 1. The van der Waals surface area contributed by atoms with Crippen LogP contribution in [0.4, 0.5) is 0 Å². The average Bonchev–Trinajstić information content (AvgIpc) is 2.82. The second kappa shape index (κ2) is 3.13. The Kier molecular flexibility index (Phi) is 1.62. The number of rotatable bonds is 0. The van der Waals surface area contributed by atoms with Gasteiger partial charge in [0.15, 0.2) is 0 Å². The molecule has 2 aliphatic heterocycles. The number of hydrogen-bond donors (Lipinski definition) is 1. The van der Waals surface area contributed by atoms with E-state index in [1.165, 1.54) is 0 Å². The van der Waals surface area contributed by atoms with E-state index in [1.54, 1.807) is 12.5 Å². The molecule has 4 rings (SSSR count). The Morgan fingerprint density at radius 2 is 2.00 bits per heavy atom. The highest BCUT2D eigenvalue weighted by Crippen LogP contribution is 2.29. The summed E-state index contributed by atoms with van der Waals surface area (Å²) in [7, 11) is 0. The van der Waals surface area contributed by atoms with Gasteiger partial charge in [-0.3, -0.25) is 9.20 Å². The zero-order valence-electron chi connectivity index (χ0n) is 9.16. The van der Waals surface area contributed by atoms with Gasteiger partial charge in [-0.15, -0.1) is 5.10 Å². The predicted molar refractivity (Wildman–Crippen MR) is 65.5 cm³/mol. The van der Waals surface area contributed by atoms with Gasteiger partial charge in [-0.1, -0.05) is 18.2 Å². The van der Waals surface area contributed by atoms with Gasteiger partial charge in [0.25, 0.3) is 5.56 Å². The first-order valence-corrected chi connectivity index (χ1v) is 5.44.